The van der Waals surface area contributed by atoms with Crippen LogP contribution < -0.4 is 5.73 Å². The van der Waals surface area contributed by atoms with Gasteiger partial charge in [-0.05, 0) is 50.2 Å². The third-order valence-electron chi connectivity index (χ3n) is 5.05. The molecule has 0 spiro atoms. The summed E-state index contributed by atoms with van der Waals surface area (Å²) < 4.78 is 0. The summed E-state index contributed by atoms with van der Waals surface area (Å²) >= 11 is 2.04. The molecule has 2 rings (SSSR count). The van der Waals surface area contributed by atoms with E-state index in [2.05, 4.69) is 0 Å². The van der Waals surface area contributed by atoms with E-state index in [-0.39, 0.29) is 30.9 Å². The summed E-state index contributed by atoms with van der Waals surface area (Å²) in [5, 5.41) is 10.1. The minimum Gasteiger partial charge on any atom is -0.393 e. The Morgan fingerprint density at radius 3 is 2.33 bits per heavy atom. The maximum atomic E-state index is 9.31. The third-order valence-corrected chi connectivity index (χ3v) is 6.42. The lowest BCUT2D eigenvalue weighted by Gasteiger charge is -2.40. The molecule has 0 saturated heterocycles. The topological polar surface area (TPSA) is 46.2 Å². The number of aliphatic hydroxyl groups excluding tert-OH is 1. The zero-order chi connectivity index (χ0) is 13.7. The van der Waals surface area contributed by atoms with Gasteiger partial charge in [-0.3, -0.25) is 0 Å². The molecule has 4 atom stereocenters. The van der Waals surface area contributed by atoms with Gasteiger partial charge in [0.15, 0.2) is 0 Å². The van der Waals surface area contributed by atoms with Crippen molar-refractivity contribution in [3.8, 4) is 0 Å². The van der Waals surface area contributed by atoms with Crippen molar-refractivity contribution >= 4 is 36.6 Å². The Balaban J connectivity index is 0.00000200. The first-order chi connectivity index (χ1) is 9.16. The highest BCUT2D eigenvalue weighted by Crippen LogP contribution is 2.40. The van der Waals surface area contributed by atoms with Gasteiger partial charge in [0.25, 0.3) is 0 Å². The van der Waals surface area contributed by atoms with E-state index in [0.717, 1.165) is 29.3 Å². The van der Waals surface area contributed by atoms with Crippen LogP contribution in [-0.4, -0.2) is 28.3 Å². The smallest absolute Gasteiger partial charge is 0.0520 e. The molecule has 128 valence electrons. The maximum absolute atomic E-state index is 9.31. The van der Waals surface area contributed by atoms with Gasteiger partial charge in [0, 0.05) is 11.3 Å². The van der Waals surface area contributed by atoms with Gasteiger partial charge in [0.2, 0.25) is 0 Å². The molecule has 0 heterocycles. The molecule has 0 radical (unpaired) electrons. The summed E-state index contributed by atoms with van der Waals surface area (Å²) in [6.07, 6.45) is 11.8. The van der Waals surface area contributed by atoms with E-state index in [9.17, 15) is 5.11 Å². The lowest BCUT2D eigenvalue weighted by molar-refractivity contribution is 0.174. The fourth-order valence-electron chi connectivity index (χ4n) is 3.89. The molecule has 0 aromatic heterocycles. The third kappa shape index (κ3) is 7.30. The quantitative estimate of drug-likeness (QED) is 0.765. The second kappa shape index (κ2) is 11.4. The van der Waals surface area contributed by atoms with E-state index in [0.29, 0.717) is 6.04 Å². The molecule has 2 aliphatic rings. The Bertz CT molecular complexity index is 263. The van der Waals surface area contributed by atoms with Crippen molar-refractivity contribution in [2.45, 2.75) is 82.1 Å². The lowest BCUT2D eigenvalue weighted by atomic mass is 9.71. The van der Waals surface area contributed by atoms with Crippen LogP contribution in [0.1, 0.15) is 64.7 Å². The molecule has 2 saturated carbocycles. The van der Waals surface area contributed by atoms with E-state index in [1.165, 1.54) is 51.4 Å². The second-order valence-corrected chi connectivity index (χ2v) is 8.08. The van der Waals surface area contributed by atoms with Crippen LogP contribution in [-0.2, 0) is 0 Å². The fourth-order valence-corrected chi connectivity index (χ4v) is 5.36. The van der Waals surface area contributed by atoms with Gasteiger partial charge in [0.1, 0.15) is 0 Å². The molecule has 4 unspecified atom stereocenters. The van der Waals surface area contributed by atoms with E-state index in [1.54, 1.807) is 0 Å². The standard InChI is InChI=1S/C16H31NOS.2ClH/c1-12(18)9-10-19-14-7-8-15(16(17)11-14)13-5-3-2-4-6-13;;/h12-16,18H,2-11,17H2,1H3;2*1H. The monoisotopic (exact) mass is 357 g/mol. The Morgan fingerprint density at radius 2 is 1.76 bits per heavy atom. The molecule has 2 nitrogen and oxygen atoms in total. The first-order valence-electron chi connectivity index (χ1n) is 8.22. The molecule has 5 heteroatoms. The van der Waals surface area contributed by atoms with Gasteiger partial charge in [0.05, 0.1) is 6.10 Å². The van der Waals surface area contributed by atoms with Crippen LogP contribution in [0.2, 0.25) is 0 Å². The number of hydrogen-bond donors (Lipinski definition) is 2. The van der Waals surface area contributed by atoms with Crippen LogP contribution in [0.25, 0.3) is 0 Å². The highest BCUT2D eigenvalue weighted by Gasteiger charge is 2.33. The normalized spacial score (nSPS) is 31.9. The molecule has 0 aromatic carbocycles. The second-order valence-electron chi connectivity index (χ2n) is 6.67. The molecule has 2 fully saturated rings. The highest BCUT2D eigenvalue weighted by atomic mass is 35.5. The lowest BCUT2D eigenvalue weighted by Crippen LogP contribution is -2.42. The first-order valence-corrected chi connectivity index (χ1v) is 9.27. The van der Waals surface area contributed by atoms with Gasteiger partial charge in [-0.15, -0.1) is 24.8 Å². The van der Waals surface area contributed by atoms with Gasteiger partial charge in [-0.1, -0.05) is 32.1 Å². The highest BCUT2D eigenvalue weighted by molar-refractivity contribution is 7.99. The van der Waals surface area contributed by atoms with Gasteiger partial charge in [-0.25, -0.2) is 0 Å². The molecule has 0 aromatic rings. The van der Waals surface area contributed by atoms with Crippen molar-refractivity contribution in [3.63, 3.8) is 0 Å². The zero-order valence-electron chi connectivity index (χ0n) is 13.2. The van der Waals surface area contributed by atoms with Crippen molar-refractivity contribution in [1.82, 2.24) is 0 Å². The number of halogens is 2. The van der Waals surface area contributed by atoms with E-state index in [1.807, 2.05) is 18.7 Å². The van der Waals surface area contributed by atoms with Crippen LogP contribution in [0.5, 0.6) is 0 Å². The van der Waals surface area contributed by atoms with Gasteiger partial charge < -0.3 is 10.8 Å². The molecule has 21 heavy (non-hydrogen) atoms. The molecule has 3 N–H and O–H groups in total. The first kappa shape index (κ1) is 21.9. The average molecular weight is 358 g/mol. The minimum absolute atomic E-state index is 0. The Morgan fingerprint density at radius 1 is 1.10 bits per heavy atom. The molecular weight excluding hydrogens is 325 g/mol. The zero-order valence-corrected chi connectivity index (χ0v) is 15.7. The van der Waals surface area contributed by atoms with E-state index < -0.39 is 0 Å². The number of hydrogen-bond acceptors (Lipinski definition) is 3. The van der Waals surface area contributed by atoms with Gasteiger partial charge >= 0.3 is 0 Å². The molecule has 0 aliphatic heterocycles. The predicted octanol–water partition coefficient (Wildman–Crippen LogP) is 4.41. The largest absolute Gasteiger partial charge is 0.393 e. The molecule has 0 bridgehead atoms. The van der Waals surface area contributed by atoms with Crippen LogP contribution in [0, 0.1) is 11.8 Å². The summed E-state index contributed by atoms with van der Waals surface area (Å²) in [5.41, 5.74) is 6.47. The number of thioether (sulfide) groups is 1. The molecular formula is C16H33Cl2NOS. The minimum atomic E-state index is -0.153. The van der Waals surface area contributed by atoms with E-state index in [4.69, 9.17) is 5.73 Å². The summed E-state index contributed by atoms with van der Waals surface area (Å²) in [4.78, 5) is 0. The maximum Gasteiger partial charge on any atom is 0.0520 e. The summed E-state index contributed by atoms with van der Waals surface area (Å²) in [6, 6.07) is 0.431. The van der Waals surface area contributed by atoms with Crippen LogP contribution in [0.3, 0.4) is 0 Å². The summed E-state index contributed by atoms with van der Waals surface area (Å²) in [7, 11) is 0. The Labute approximate surface area is 147 Å². The van der Waals surface area contributed by atoms with Crippen molar-refractivity contribution in [3.05, 3.63) is 0 Å². The SMILES string of the molecule is CC(O)CCSC1CCC(C2CCCCC2)C(N)C1.Cl.Cl. The van der Waals surface area contributed by atoms with Crippen LogP contribution >= 0.6 is 36.6 Å². The molecule has 2 aliphatic carbocycles. The van der Waals surface area contributed by atoms with Crippen molar-refractivity contribution in [2.75, 3.05) is 5.75 Å². The number of nitrogens with two attached hydrogens (primary N) is 1. The Kier molecular flexibility index (Phi) is 11.9. The van der Waals surface area contributed by atoms with Crippen LogP contribution in [0.4, 0.5) is 0 Å². The molecule has 0 amide bonds. The summed E-state index contributed by atoms with van der Waals surface area (Å²) in [5.74, 6) is 2.81. The van der Waals surface area contributed by atoms with Gasteiger partial charge in [-0.2, -0.15) is 11.8 Å². The van der Waals surface area contributed by atoms with E-state index >= 15 is 0 Å². The number of aliphatic hydroxyl groups is 1. The fraction of sp³-hybridized carbons (Fsp3) is 1.00. The van der Waals surface area contributed by atoms with Crippen LogP contribution in [0.15, 0.2) is 0 Å². The number of rotatable bonds is 5. The van der Waals surface area contributed by atoms with Crippen molar-refractivity contribution in [2.24, 2.45) is 17.6 Å². The predicted molar refractivity (Wildman–Crippen MR) is 98.9 cm³/mol. The summed E-state index contributed by atoms with van der Waals surface area (Å²) in [6.45, 7) is 1.88. The average Bonchev–Trinajstić information content (AvgIpc) is 2.39. The van der Waals surface area contributed by atoms with Crippen molar-refractivity contribution < 1.29 is 5.11 Å². The van der Waals surface area contributed by atoms with Crippen molar-refractivity contribution in [1.29, 1.82) is 0 Å². The Hall–Kier alpha value is 0.850.